The van der Waals surface area contributed by atoms with Crippen molar-refractivity contribution >= 4 is 11.7 Å². The number of fused-ring (bicyclic) bond motifs is 1. The number of likely N-dealkylation sites (N-methyl/N-ethyl adjacent to an activating group) is 1. The summed E-state index contributed by atoms with van der Waals surface area (Å²) in [5.41, 5.74) is 0.884. The van der Waals surface area contributed by atoms with Gasteiger partial charge in [0, 0.05) is 19.3 Å². The van der Waals surface area contributed by atoms with E-state index in [1.807, 2.05) is 12.1 Å². The van der Waals surface area contributed by atoms with Gasteiger partial charge in [-0.1, -0.05) is 12.8 Å². The van der Waals surface area contributed by atoms with E-state index in [4.69, 9.17) is 0 Å². The van der Waals surface area contributed by atoms with Crippen LogP contribution in [0.2, 0.25) is 0 Å². The maximum Gasteiger partial charge on any atom is 0.317 e. The van der Waals surface area contributed by atoms with Crippen molar-refractivity contribution in [3.8, 4) is 0 Å². The summed E-state index contributed by atoms with van der Waals surface area (Å²) in [5.74, 6) is 0. The van der Waals surface area contributed by atoms with Crippen LogP contribution < -0.4 is 5.32 Å². The summed E-state index contributed by atoms with van der Waals surface area (Å²) in [6.07, 6.45) is 6.96. The third kappa shape index (κ3) is 3.04. The van der Waals surface area contributed by atoms with E-state index in [2.05, 4.69) is 15.4 Å². The Morgan fingerprint density at radius 2 is 2.18 bits per heavy atom. The number of carbonyl (C=O) groups excluding carboxylic acids is 1. The average molecular weight is 303 g/mol. The second kappa shape index (κ2) is 5.92. The lowest BCUT2D eigenvalue weighted by Gasteiger charge is -2.28. The molecule has 2 N–H and O–H groups in total. The third-order valence-electron chi connectivity index (χ3n) is 4.20. The van der Waals surface area contributed by atoms with Crippen molar-refractivity contribution in [3.63, 3.8) is 0 Å². The predicted octanol–water partition coefficient (Wildman–Crippen LogP) is 1.18. The fourth-order valence-corrected chi connectivity index (χ4v) is 3.03. The van der Waals surface area contributed by atoms with Gasteiger partial charge in [0.25, 0.3) is 0 Å². The van der Waals surface area contributed by atoms with Gasteiger partial charge in [-0.05, 0) is 18.9 Å². The molecule has 0 radical (unpaired) electrons. The van der Waals surface area contributed by atoms with Crippen LogP contribution >= 0.6 is 0 Å². The van der Waals surface area contributed by atoms with Gasteiger partial charge in [-0.2, -0.15) is 5.10 Å². The van der Waals surface area contributed by atoms with E-state index in [0.29, 0.717) is 13.1 Å². The van der Waals surface area contributed by atoms with Gasteiger partial charge in [-0.3, -0.25) is 0 Å². The first kappa shape index (κ1) is 14.8. The molecule has 2 heterocycles. The second-order valence-corrected chi connectivity index (χ2v) is 5.98. The maximum absolute atomic E-state index is 12.2. The van der Waals surface area contributed by atoms with Crippen LogP contribution in [0.5, 0.6) is 0 Å². The van der Waals surface area contributed by atoms with Gasteiger partial charge >= 0.3 is 6.03 Å². The van der Waals surface area contributed by atoms with Gasteiger partial charge in [0.05, 0.1) is 30.6 Å². The van der Waals surface area contributed by atoms with Crippen LogP contribution in [-0.2, 0) is 6.54 Å². The first-order valence-electron chi connectivity index (χ1n) is 7.56. The van der Waals surface area contributed by atoms with Gasteiger partial charge in [-0.15, -0.1) is 0 Å². The van der Waals surface area contributed by atoms with E-state index in [9.17, 15) is 9.90 Å². The molecule has 118 valence electrons. The van der Waals surface area contributed by atoms with E-state index in [0.717, 1.165) is 37.0 Å². The molecule has 1 fully saturated rings. The van der Waals surface area contributed by atoms with Crippen molar-refractivity contribution in [1.29, 1.82) is 0 Å². The Hall–Kier alpha value is -2.15. The molecule has 7 heteroatoms. The summed E-state index contributed by atoms with van der Waals surface area (Å²) in [5, 5.41) is 17.4. The van der Waals surface area contributed by atoms with Crippen molar-refractivity contribution in [2.45, 2.75) is 37.8 Å². The number of nitrogens with zero attached hydrogens (tertiary/aromatic N) is 4. The van der Waals surface area contributed by atoms with E-state index in [-0.39, 0.29) is 6.03 Å². The van der Waals surface area contributed by atoms with Crippen LogP contribution in [0.15, 0.2) is 24.5 Å². The number of hydrogen-bond acceptors (Lipinski definition) is 4. The quantitative estimate of drug-likeness (QED) is 0.888. The number of urea groups is 1. The smallest absolute Gasteiger partial charge is 0.317 e. The molecule has 0 bridgehead atoms. The summed E-state index contributed by atoms with van der Waals surface area (Å²) >= 11 is 0. The van der Waals surface area contributed by atoms with Crippen LogP contribution in [0.4, 0.5) is 4.79 Å². The Morgan fingerprint density at radius 1 is 1.41 bits per heavy atom. The highest BCUT2D eigenvalue weighted by Crippen LogP contribution is 2.29. The van der Waals surface area contributed by atoms with Crippen molar-refractivity contribution in [2.75, 3.05) is 13.6 Å². The van der Waals surface area contributed by atoms with E-state index >= 15 is 0 Å². The highest BCUT2D eigenvalue weighted by Gasteiger charge is 2.33. The SMILES string of the molecule is CN(CC1(O)CCCC1)C(=O)NCc1ccnc2ccnn12. The van der Waals surface area contributed by atoms with Crippen molar-refractivity contribution in [3.05, 3.63) is 30.2 Å². The largest absolute Gasteiger partial charge is 0.388 e. The minimum Gasteiger partial charge on any atom is -0.388 e. The Balaban J connectivity index is 1.58. The molecule has 0 atom stereocenters. The molecule has 2 amide bonds. The Kier molecular flexibility index (Phi) is 3.98. The lowest BCUT2D eigenvalue weighted by atomic mass is 10.0. The standard InChI is InChI=1S/C15H21N5O2/c1-19(11-15(22)6-2-3-7-15)14(21)17-10-12-4-8-16-13-5-9-18-20(12)13/h4-5,8-9,22H,2-3,6-7,10-11H2,1H3,(H,17,21). The molecule has 0 spiro atoms. The maximum atomic E-state index is 12.2. The topological polar surface area (TPSA) is 82.8 Å². The highest BCUT2D eigenvalue weighted by atomic mass is 16.3. The molecular weight excluding hydrogens is 282 g/mol. The van der Waals surface area contributed by atoms with Crippen molar-refractivity contribution < 1.29 is 9.90 Å². The number of rotatable bonds is 4. The number of nitrogens with one attached hydrogen (secondary N) is 1. The summed E-state index contributed by atoms with van der Waals surface area (Å²) in [6, 6.07) is 3.44. The fraction of sp³-hybridized carbons (Fsp3) is 0.533. The first-order chi connectivity index (χ1) is 10.6. The molecule has 22 heavy (non-hydrogen) atoms. The molecule has 0 aromatic carbocycles. The molecule has 2 aromatic heterocycles. The molecule has 1 aliphatic rings. The number of aliphatic hydroxyl groups is 1. The van der Waals surface area contributed by atoms with Crippen LogP contribution in [0.1, 0.15) is 31.4 Å². The van der Waals surface area contributed by atoms with Gasteiger partial charge in [0.15, 0.2) is 5.65 Å². The lowest BCUT2D eigenvalue weighted by molar-refractivity contribution is 0.0247. The predicted molar refractivity (Wildman–Crippen MR) is 81.3 cm³/mol. The summed E-state index contributed by atoms with van der Waals surface area (Å²) in [7, 11) is 1.71. The Bertz CT molecular complexity index is 663. The zero-order valence-corrected chi connectivity index (χ0v) is 12.7. The number of amides is 2. The van der Waals surface area contributed by atoms with E-state index in [1.165, 1.54) is 0 Å². The molecule has 3 rings (SSSR count). The Labute approximate surface area is 129 Å². The molecule has 0 unspecified atom stereocenters. The lowest BCUT2D eigenvalue weighted by Crippen LogP contribution is -2.46. The molecule has 2 aromatic rings. The van der Waals surface area contributed by atoms with Crippen LogP contribution in [0.25, 0.3) is 5.65 Å². The second-order valence-electron chi connectivity index (χ2n) is 5.98. The van der Waals surface area contributed by atoms with Gasteiger partial charge in [-0.25, -0.2) is 14.3 Å². The minimum absolute atomic E-state index is 0.197. The van der Waals surface area contributed by atoms with Crippen LogP contribution in [0, 0.1) is 0 Å². The zero-order valence-electron chi connectivity index (χ0n) is 12.7. The summed E-state index contributed by atoms with van der Waals surface area (Å²) in [6.45, 7) is 0.731. The normalized spacial score (nSPS) is 16.8. The number of carbonyl (C=O) groups is 1. The highest BCUT2D eigenvalue weighted by molar-refractivity contribution is 5.73. The van der Waals surface area contributed by atoms with Crippen molar-refractivity contribution in [2.24, 2.45) is 0 Å². The minimum atomic E-state index is -0.724. The van der Waals surface area contributed by atoms with Crippen LogP contribution in [0.3, 0.4) is 0 Å². The number of aromatic nitrogens is 3. The Morgan fingerprint density at radius 3 is 2.95 bits per heavy atom. The molecule has 1 aliphatic carbocycles. The number of hydrogen-bond donors (Lipinski definition) is 2. The van der Waals surface area contributed by atoms with Crippen LogP contribution in [-0.4, -0.2) is 49.8 Å². The summed E-state index contributed by atoms with van der Waals surface area (Å²) in [4.78, 5) is 17.9. The van der Waals surface area contributed by atoms with Gasteiger partial charge < -0.3 is 15.3 Å². The molecular formula is C15H21N5O2. The molecule has 7 nitrogen and oxygen atoms in total. The van der Waals surface area contributed by atoms with Gasteiger partial charge in [0.1, 0.15) is 0 Å². The zero-order chi connectivity index (χ0) is 15.6. The van der Waals surface area contributed by atoms with Gasteiger partial charge in [0.2, 0.25) is 0 Å². The molecule has 0 aliphatic heterocycles. The van der Waals surface area contributed by atoms with Crippen molar-refractivity contribution in [1.82, 2.24) is 24.8 Å². The summed E-state index contributed by atoms with van der Waals surface area (Å²) < 4.78 is 1.70. The fourth-order valence-electron chi connectivity index (χ4n) is 3.03. The first-order valence-corrected chi connectivity index (χ1v) is 7.56. The average Bonchev–Trinajstić information content (AvgIpc) is 3.13. The van der Waals surface area contributed by atoms with E-state index in [1.54, 1.807) is 28.9 Å². The third-order valence-corrected chi connectivity index (χ3v) is 4.20. The molecule has 1 saturated carbocycles. The monoisotopic (exact) mass is 303 g/mol. The van der Waals surface area contributed by atoms with E-state index < -0.39 is 5.60 Å². The molecule has 0 saturated heterocycles.